The average Bonchev–Trinajstić information content (AvgIpc) is 2.90. The SMILES string of the molecule is CCNC(c1cc(OC)c(Br)cc1OC)c1ccoc1Br. The molecule has 0 saturated carbocycles. The third-order valence-corrected chi connectivity index (χ3v) is 4.44. The highest BCUT2D eigenvalue weighted by molar-refractivity contribution is 9.10. The average molecular weight is 419 g/mol. The van der Waals surface area contributed by atoms with Gasteiger partial charge in [-0.25, -0.2) is 0 Å². The molecular formula is C15H17Br2NO3. The van der Waals surface area contributed by atoms with Crippen LogP contribution in [-0.2, 0) is 0 Å². The summed E-state index contributed by atoms with van der Waals surface area (Å²) in [6.07, 6.45) is 1.66. The van der Waals surface area contributed by atoms with Crippen molar-refractivity contribution in [3.63, 3.8) is 0 Å². The van der Waals surface area contributed by atoms with Crippen LogP contribution in [0, 0.1) is 0 Å². The number of furan rings is 1. The summed E-state index contributed by atoms with van der Waals surface area (Å²) in [5.74, 6) is 1.54. The predicted octanol–water partition coefficient (Wildman–Crippen LogP) is 4.52. The summed E-state index contributed by atoms with van der Waals surface area (Å²) >= 11 is 6.92. The van der Waals surface area contributed by atoms with Gasteiger partial charge in [0.2, 0.25) is 0 Å². The molecule has 4 nitrogen and oxygen atoms in total. The largest absolute Gasteiger partial charge is 0.496 e. The Hall–Kier alpha value is -0.980. The standard InChI is InChI=1S/C15H17Br2NO3/c1-4-18-14(9-5-6-21-15(9)17)10-7-13(20-3)11(16)8-12(10)19-2/h5-8,14,18H,4H2,1-3H3. The number of rotatable bonds is 6. The van der Waals surface area contributed by atoms with E-state index in [-0.39, 0.29) is 6.04 Å². The molecule has 1 N–H and O–H groups in total. The number of ether oxygens (including phenoxy) is 2. The smallest absolute Gasteiger partial charge is 0.174 e. The molecule has 21 heavy (non-hydrogen) atoms. The predicted molar refractivity (Wildman–Crippen MR) is 89.2 cm³/mol. The number of hydrogen-bond donors (Lipinski definition) is 1. The lowest BCUT2D eigenvalue weighted by Gasteiger charge is -2.21. The third-order valence-electron chi connectivity index (χ3n) is 3.18. The van der Waals surface area contributed by atoms with E-state index in [0.29, 0.717) is 4.67 Å². The fraction of sp³-hybridized carbons (Fsp3) is 0.333. The van der Waals surface area contributed by atoms with Gasteiger partial charge in [0.1, 0.15) is 11.5 Å². The number of halogens is 2. The van der Waals surface area contributed by atoms with Gasteiger partial charge in [0.25, 0.3) is 0 Å². The van der Waals surface area contributed by atoms with E-state index < -0.39 is 0 Å². The van der Waals surface area contributed by atoms with Crippen molar-refractivity contribution < 1.29 is 13.9 Å². The number of nitrogens with one attached hydrogen (secondary N) is 1. The Morgan fingerprint density at radius 1 is 1.14 bits per heavy atom. The molecule has 1 aromatic carbocycles. The van der Waals surface area contributed by atoms with E-state index in [1.165, 1.54) is 0 Å². The minimum atomic E-state index is -0.0555. The fourth-order valence-corrected chi connectivity index (χ4v) is 3.16. The van der Waals surface area contributed by atoms with Crippen LogP contribution in [0.1, 0.15) is 24.1 Å². The summed E-state index contributed by atoms with van der Waals surface area (Å²) in [6.45, 7) is 2.87. The van der Waals surface area contributed by atoms with Gasteiger partial charge in [-0.3, -0.25) is 0 Å². The van der Waals surface area contributed by atoms with Gasteiger partial charge in [-0.15, -0.1) is 0 Å². The lowest BCUT2D eigenvalue weighted by Crippen LogP contribution is -2.22. The van der Waals surface area contributed by atoms with E-state index in [1.54, 1.807) is 20.5 Å². The number of methoxy groups -OCH3 is 2. The van der Waals surface area contributed by atoms with Crippen LogP contribution >= 0.6 is 31.9 Å². The minimum absolute atomic E-state index is 0.0555. The highest BCUT2D eigenvalue weighted by Crippen LogP contribution is 2.39. The van der Waals surface area contributed by atoms with Crippen molar-refractivity contribution in [2.75, 3.05) is 20.8 Å². The van der Waals surface area contributed by atoms with E-state index in [2.05, 4.69) is 44.1 Å². The van der Waals surface area contributed by atoms with Gasteiger partial charge in [0, 0.05) is 11.1 Å². The molecular weight excluding hydrogens is 402 g/mol. The monoisotopic (exact) mass is 417 g/mol. The highest BCUT2D eigenvalue weighted by atomic mass is 79.9. The van der Waals surface area contributed by atoms with Crippen LogP contribution in [0.3, 0.4) is 0 Å². The Labute approximate surface area is 141 Å². The summed E-state index contributed by atoms with van der Waals surface area (Å²) in [5, 5.41) is 3.45. The molecule has 114 valence electrons. The van der Waals surface area contributed by atoms with Gasteiger partial charge < -0.3 is 19.2 Å². The molecule has 0 aliphatic rings. The second-order valence-electron chi connectivity index (χ2n) is 4.37. The molecule has 0 aliphatic carbocycles. The van der Waals surface area contributed by atoms with Gasteiger partial charge in [-0.1, -0.05) is 6.92 Å². The maximum atomic E-state index is 5.52. The van der Waals surface area contributed by atoms with Crippen molar-refractivity contribution in [1.82, 2.24) is 5.32 Å². The second kappa shape index (κ2) is 7.33. The Balaban J connectivity index is 2.56. The van der Waals surface area contributed by atoms with Crippen molar-refractivity contribution >= 4 is 31.9 Å². The zero-order valence-corrected chi connectivity index (χ0v) is 15.2. The van der Waals surface area contributed by atoms with Crippen LogP contribution in [0.5, 0.6) is 11.5 Å². The lowest BCUT2D eigenvalue weighted by molar-refractivity contribution is 0.392. The summed E-state index contributed by atoms with van der Waals surface area (Å²) in [7, 11) is 3.30. The van der Waals surface area contributed by atoms with Gasteiger partial charge >= 0.3 is 0 Å². The van der Waals surface area contributed by atoms with Crippen LogP contribution in [0.25, 0.3) is 0 Å². The van der Waals surface area contributed by atoms with Crippen LogP contribution in [0.4, 0.5) is 0 Å². The normalized spacial score (nSPS) is 12.2. The molecule has 0 saturated heterocycles. The van der Waals surface area contributed by atoms with Crippen LogP contribution in [0.15, 0.2) is 38.0 Å². The molecule has 6 heteroatoms. The lowest BCUT2D eigenvalue weighted by atomic mass is 9.99. The molecule has 0 radical (unpaired) electrons. The van der Waals surface area contributed by atoms with Gasteiger partial charge in [-0.2, -0.15) is 0 Å². The summed E-state index contributed by atoms with van der Waals surface area (Å²) in [6, 6.07) is 5.76. The summed E-state index contributed by atoms with van der Waals surface area (Å²) < 4.78 is 17.8. The van der Waals surface area contributed by atoms with Crippen LogP contribution < -0.4 is 14.8 Å². The molecule has 1 aromatic heterocycles. The molecule has 0 bridgehead atoms. The van der Waals surface area contributed by atoms with E-state index in [0.717, 1.165) is 33.6 Å². The first-order valence-electron chi connectivity index (χ1n) is 6.50. The molecule has 2 rings (SSSR count). The number of hydrogen-bond acceptors (Lipinski definition) is 4. The zero-order chi connectivity index (χ0) is 15.4. The van der Waals surface area contributed by atoms with E-state index in [9.17, 15) is 0 Å². The van der Waals surface area contributed by atoms with E-state index >= 15 is 0 Å². The molecule has 0 fully saturated rings. The maximum absolute atomic E-state index is 5.52. The zero-order valence-electron chi connectivity index (χ0n) is 12.1. The molecule has 1 heterocycles. The fourth-order valence-electron chi connectivity index (χ4n) is 2.21. The first kappa shape index (κ1) is 16.4. The molecule has 1 unspecified atom stereocenters. The third kappa shape index (κ3) is 3.44. The van der Waals surface area contributed by atoms with Gasteiger partial charge in [0.15, 0.2) is 4.67 Å². The molecule has 0 amide bonds. The maximum Gasteiger partial charge on any atom is 0.174 e. The van der Waals surface area contributed by atoms with Gasteiger partial charge in [-0.05, 0) is 56.6 Å². The van der Waals surface area contributed by atoms with Crippen molar-refractivity contribution in [3.05, 3.63) is 44.7 Å². The number of benzene rings is 1. The first-order valence-corrected chi connectivity index (χ1v) is 8.08. The quantitative estimate of drug-likeness (QED) is 0.748. The van der Waals surface area contributed by atoms with Crippen molar-refractivity contribution in [3.8, 4) is 11.5 Å². The molecule has 2 aromatic rings. The van der Waals surface area contributed by atoms with Crippen LogP contribution in [-0.4, -0.2) is 20.8 Å². The Morgan fingerprint density at radius 3 is 2.38 bits per heavy atom. The summed E-state index contributed by atoms with van der Waals surface area (Å²) in [5.41, 5.74) is 2.00. The minimum Gasteiger partial charge on any atom is -0.496 e. The van der Waals surface area contributed by atoms with Crippen LogP contribution in [0.2, 0.25) is 0 Å². The van der Waals surface area contributed by atoms with Crippen molar-refractivity contribution in [2.24, 2.45) is 0 Å². The molecule has 0 aliphatic heterocycles. The van der Waals surface area contributed by atoms with Crippen molar-refractivity contribution in [1.29, 1.82) is 0 Å². The molecule has 1 atom stereocenters. The van der Waals surface area contributed by atoms with Gasteiger partial charge in [0.05, 0.1) is 31.0 Å². The van der Waals surface area contributed by atoms with E-state index in [1.807, 2.05) is 18.2 Å². The Kier molecular flexibility index (Phi) is 5.72. The highest BCUT2D eigenvalue weighted by Gasteiger charge is 2.23. The molecule has 0 spiro atoms. The Morgan fingerprint density at radius 2 is 1.86 bits per heavy atom. The second-order valence-corrected chi connectivity index (χ2v) is 5.94. The van der Waals surface area contributed by atoms with Crippen molar-refractivity contribution in [2.45, 2.75) is 13.0 Å². The summed E-state index contributed by atoms with van der Waals surface area (Å²) in [4.78, 5) is 0. The Bertz CT molecular complexity index is 613. The topological polar surface area (TPSA) is 43.6 Å². The first-order chi connectivity index (χ1) is 10.1. The van der Waals surface area contributed by atoms with E-state index in [4.69, 9.17) is 13.9 Å².